The van der Waals surface area contributed by atoms with Gasteiger partial charge in [0.2, 0.25) is 10.0 Å². The molecule has 0 heterocycles. The minimum atomic E-state index is -3.57. The molecule has 0 aromatic heterocycles. The fraction of sp³-hybridized carbons (Fsp3) is 0.176. The molecule has 0 radical (unpaired) electrons. The van der Waals surface area contributed by atoms with Gasteiger partial charge < -0.3 is 9.47 Å². The second-order valence-electron chi connectivity index (χ2n) is 5.22. The zero-order valence-corrected chi connectivity index (χ0v) is 14.7. The first-order valence-electron chi connectivity index (χ1n) is 7.19. The van der Waals surface area contributed by atoms with Gasteiger partial charge in [0.1, 0.15) is 5.75 Å². The van der Waals surface area contributed by atoms with E-state index in [0.29, 0.717) is 0 Å². The van der Waals surface area contributed by atoms with Crippen LogP contribution in [0.2, 0.25) is 0 Å². The molecule has 0 N–H and O–H groups in total. The largest absolute Gasteiger partial charge is 0.465 e. The molecule has 0 spiro atoms. The summed E-state index contributed by atoms with van der Waals surface area (Å²) in [5, 5.41) is 0. The van der Waals surface area contributed by atoms with E-state index in [1.807, 2.05) is 0 Å². The monoisotopic (exact) mass is 363 g/mol. The summed E-state index contributed by atoms with van der Waals surface area (Å²) in [6.45, 7) is 0. The molecular weight excluding hydrogens is 346 g/mol. The molecule has 7 nitrogen and oxygen atoms in total. The van der Waals surface area contributed by atoms with Crippen LogP contribution in [0, 0.1) is 0 Å². The minimum Gasteiger partial charge on any atom is -0.465 e. The normalized spacial score (nSPS) is 11.2. The third kappa shape index (κ3) is 4.23. The maximum atomic E-state index is 12.2. The van der Waals surface area contributed by atoms with E-state index in [2.05, 4.69) is 4.74 Å². The van der Waals surface area contributed by atoms with Crippen LogP contribution in [-0.4, -0.2) is 45.9 Å². The van der Waals surface area contributed by atoms with Gasteiger partial charge in [-0.2, -0.15) is 0 Å². The summed E-state index contributed by atoms with van der Waals surface area (Å²) in [5.74, 6) is -1.04. The van der Waals surface area contributed by atoms with Crippen molar-refractivity contribution in [2.75, 3.05) is 21.2 Å². The van der Waals surface area contributed by atoms with Crippen LogP contribution in [0.15, 0.2) is 53.4 Å². The Labute approximate surface area is 145 Å². The van der Waals surface area contributed by atoms with Crippen LogP contribution in [0.5, 0.6) is 5.75 Å². The molecule has 0 unspecified atom stereocenters. The summed E-state index contributed by atoms with van der Waals surface area (Å²) >= 11 is 0. The van der Waals surface area contributed by atoms with Crippen molar-refractivity contribution in [3.05, 3.63) is 59.7 Å². The highest BCUT2D eigenvalue weighted by Gasteiger charge is 2.18. The minimum absolute atomic E-state index is 0.0711. The summed E-state index contributed by atoms with van der Waals surface area (Å²) in [5.41, 5.74) is 0.432. The van der Waals surface area contributed by atoms with Crippen molar-refractivity contribution >= 4 is 22.0 Å². The Kier molecular flexibility index (Phi) is 5.55. The first-order chi connectivity index (χ1) is 11.8. The predicted molar refractivity (Wildman–Crippen MR) is 90.1 cm³/mol. The van der Waals surface area contributed by atoms with Crippen molar-refractivity contribution in [1.82, 2.24) is 4.31 Å². The Hall–Kier alpha value is -2.71. The smallest absolute Gasteiger partial charge is 0.343 e. The topological polar surface area (TPSA) is 90.0 Å². The average molecular weight is 363 g/mol. The second-order valence-corrected chi connectivity index (χ2v) is 7.37. The molecule has 132 valence electrons. The van der Waals surface area contributed by atoms with Crippen LogP contribution >= 0.6 is 0 Å². The van der Waals surface area contributed by atoms with Gasteiger partial charge >= 0.3 is 11.9 Å². The van der Waals surface area contributed by atoms with Crippen LogP contribution < -0.4 is 4.74 Å². The molecule has 2 rings (SSSR count). The molecule has 8 heteroatoms. The summed E-state index contributed by atoms with van der Waals surface area (Å²) < 4.78 is 34.9. The molecule has 0 atom stereocenters. The Morgan fingerprint density at radius 3 is 2.12 bits per heavy atom. The Morgan fingerprint density at radius 2 is 1.56 bits per heavy atom. The molecule has 0 aliphatic carbocycles. The fourth-order valence-electron chi connectivity index (χ4n) is 1.94. The molecule has 2 aromatic rings. The van der Waals surface area contributed by atoms with Crippen LogP contribution in [-0.2, 0) is 14.8 Å². The third-order valence-electron chi connectivity index (χ3n) is 3.33. The molecule has 0 fully saturated rings. The van der Waals surface area contributed by atoms with Crippen LogP contribution in [0.25, 0.3) is 0 Å². The van der Waals surface area contributed by atoms with Crippen molar-refractivity contribution in [3.8, 4) is 5.75 Å². The van der Waals surface area contributed by atoms with Gasteiger partial charge in [0.25, 0.3) is 0 Å². The standard InChI is InChI=1S/C17H17NO6S/c1-18(2)25(21,22)15-9-7-12(8-10-15)17(20)24-14-6-4-5-13(11-14)16(19)23-3/h4-11H,1-3H3. The van der Waals surface area contributed by atoms with E-state index in [9.17, 15) is 18.0 Å². The van der Waals surface area contributed by atoms with Crippen molar-refractivity contribution in [2.45, 2.75) is 4.90 Å². The number of rotatable bonds is 5. The number of hydrogen-bond acceptors (Lipinski definition) is 6. The number of methoxy groups -OCH3 is 1. The summed E-state index contributed by atoms with van der Waals surface area (Å²) in [7, 11) is 0.533. The molecule has 0 bridgehead atoms. The fourth-order valence-corrected chi connectivity index (χ4v) is 2.85. The molecule has 2 aromatic carbocycles. The average Bonchev–Trinajstić information content (AvgIpc) is 2.61. The number of benzene rings is 2. The van der Waals surface area contributed by atoms with Crippen molar-refractivity contribution in [3.63, 3.8) is 0 Å². The predicted octanol–water partition coefficient (Wildman–Crippen LogP) is 1.94. The van der Waals surface area contributed by atoms with E-state index in [4.69, 9.17) is 4.74 Å². The van der Waals surface area contributed by atoms with Gasteiger partial charge in [-0.25, -0.2) is 22.3 Å². The van der Waals surface area contributed by atoms with Gasteiger partial charge in [0.05, 0.1) is 23.1 Å². The molecule has 25 heavy (non-hydrogen) atoms. The summed E-state index contributed by atoms with van der Waals surface area (Å²) in [4.78, 5) is 23.7. The highest BCUT2D eigenvalue weighted by atomic mass is 32.2. The van der Waals surface area contributed by atoms with Gasteiger partial charge in [-0.05, 0) is 42.5 Å². The third-order valence-corrected chi connectivity index (χ3v) is 5.16. The lowest BCUT2D eigenvalue weighted by Gasteiger charge is -2.11. The first kappa shape index (κ1) is 18.6. The highest BCUT2D eigenvalue weighted by molar-refractivity contribution is 7.89. The molecular formula is C17H17NO6S. The van der Waals surface area contributed by atoms with Gasteiger partial charge in [-0.3, -0.25) is 0 Å². The number of nitrogens with zero attached hydrogens (tertiary/aromatic N) is 1. The van der Waals surface area contributed by atoms with E-state index >= 15 is 0 Å². The first-order valence-corrected chi connectivity index (χ1v) is 8.63. The van der Waals surface area contributed by atoms with Gasteiger partial charge in [0, 0.05) is 14.1 Å². The maximum Gasteiger partial charge on any atom is 0.343 e. The Bertz CT molecular complexity index is 888. The van der Waals surface area contributed by atoms with Crippen LogP contribution in [0.3, 0.4) is 0 Å². The van der Waals surface area contributed by atoms with Crippen LogP contribution in [0.1, 0.15) is 20.7 Å². The zero-order valence-electron chi connectivity index (χ0n) is 13.9. The lowest BCUT2D eigenvalue weighted by Crippen LogP contribution is -2.22. The zero-order chi connectivity index (χ0) is 18.6. The van der Waals surface area contributed by atoms with Gasteiger partial charge in [-0.15, -0.1) is 0 Å². The highest BCUT2D eigenvalue weighted by Crippen LogP contribution is 2.18. The van der Waals surface area contributed by atoms with Crippen molar-refractivity contribution in [2.24, 2.45) is 0 Å². The number of ether oxygens (including phenoxy) is 2. The van der Waals surface area contributed by atoms with Crippen molar-refractivity contribution < 1.29 is 27.5 Å². The molecule has 0 aliphatic heterocycles. The number of sulfonamides is 1. The molecule has 0 saturated heterocycles. The van der Waals surface area contributed by atoms with Gasteiger partial charge in [-0.1, -0.05) is 6.07 Å². The van der Waals surface area contributed by atoms with Gasteiger partial charge in [0.15, 0.2) is 0 Å². The summed E-state index contributed by atoms with van der Waals surface area (Å²) in [6.07, 6.45) is 0. The van der Waals surface area contributed by atoms with E-state index in [-0.39, 0.29) is 21.8 Å². The van der Waals surface area contributed by atoms with E-state index in [1.54, 1.807) is 6.07 Å². The maximum absolute atomic E-state index is 12.2. The lowest BCUT2D eigenvalue weighted by molar-refractivity contribution is 0.0597. The number of carbonyl (C=O) groups is 2. The summed E-state index contributed by atoms with van der Waals surface area (Å²) in [6, 6.07) is 11.4. The van der Waals surface area contributed by atoms with E-state index in [0.717, 1.165) is 4.31 Å². The number of hydrogen-bond donors (Lipinski definition) is 0. The molecule has 0 aliphatic rings. The Balaban J connectivity index is 2.18. The molecule has 0 saturated carbocycles. The number of esters is 2. The lowest BCUT2D eigenvalue weighted by atomic mass is 10.2. The van der Waals surface area contributed by atoms with Crippen molar-refractivity contribution in [1.29, 1.82) is 0 Å². The SMILES string of the molecule is COC(=O)c1cccc(OC(=O)c2ccc(S(=O)(=O)N(C)C)cc2)c1. The van der Waals surface area contributed by atoms with Crippen LogP contribution in [0.4, 0.5) is 0 Å². The Morgan fingerprint density at radius 1 is 0.920 bits per heavy atom. The van der Waals surface area contributed by atoms with E-state index in [1.165, 1.54) is 63.7 Å². The molecule has 0 amide bonds. The number of carbonyl (C=O) groups excluding carboxylic acids is 2. The van der Waals surface area contributed by atoms with E-state index < -0.39 is 22.0 Å². The second kappa shape index (κ2) is 7.45. The quantitative estimate of drug-likeness (QED) is 0.596.